The van der Waals surface area contributed by atoms with E-state index in [0.29, 0.717) is 24.3 Å². The number of amides is 1. The van der Waals surface area contributed by atoms with Crippen molar-refractivity contribution in [3.8, 4) is 11.3 Å². The van der Waals surface area contributed by atoms with Crippen LogP contribution < -0.4 is 5.32 Å². The van der Waals surface area contributed by atoms with E-state index < -0.39 is 15.9 Å². The van der Waals surface area contributed by atoms with Crippen molar-refractivity contribution in [2.24, 2.45) is 0 Å². The molecule has 0 atom stereocenters. The summed E-state index contributed by atoms with van der Waals surface area (Å²) in [6.07, 6.45) is 1.74. The topological polar surface area (TPSA) is 92.5 Å². The predicted octanol–water partition coefficient (Wildman–Crippen LogP) is 1.64. The second-order valence-corrected chi connectivity index (χ2v) is 7.85. The van der Waals surface area contributed by atoms with Crippen LogP contribution in [0.4, 0.5) is 4.39 Å². The van der Waals surface area contributed by atoms with E-state index >= 15 is 0 Å². The molecule has 1 aromatic heterocycles. The van der Waals surface area contributed by atoms with Gasteiger partial charge in [0.15, 0.2) is 0 Å². The fraction of sp³-hybridized carbons (Fsp3) is 0.375. The zero-order chi connectivity index (χ0) is 17.9. The molecule has 0 aliphatic carbocycles. The first-order valence-electron chi connectivity index (χ1n) is 7.94. The summed E-state index contributed by atoms with van der Waals surface area (Å²) in [6.45, 7) is 1.07. The van der Waals surface area contributed by atoms with E-state index in [-0.39, 0.29) is 23.9 Å². The van der Waals surface area contributed by atoms with E-state index in [1.54, 1.807) is 0 Å². The van der Waals surface area contributed by atoms with Gasteiger partial charge in [-0.1, -0.05) is 5.16 Å². The number of carbonyl (C=O) groups excluding carboxylic acids is 1. The number of aromatic nitrogens is 1. The molecule has 9 heteroatoms. The molecular formula is C16H18FN3O4S. The van der Waals surface area contributed by atoms with Gasteiger partial charge in [0.1, 0.15) is 11.5 Å². The number of hydrogen-bond donors (Lipinski definition) is 1. The second kappa shape index (κ2) is 7.32. The minimum atomic E-state index is -3.34. The standard InChI is InChI=1S/C16H18FN3O4S/c17-13-5-3-12(4-6-13)14-11-15(24-19-14)16(21)18-7-10-25(22,23)20-8-1-2-9-20/h3-6,11H,1-2,7-10H2,(H,18,21). The van der Waals surface area contributed by atoms with Crippen LogP contribution in [0.2, 0.25) is 0 Å². The highest BCUT2D eigenvalue weighted by Crippen LogP contribution is 2.19. The lowest BCUT2D eigenvalue weighted by Gasteiger charge is -2.15. The van der Waals surface area contributed by atoms with Crippen LogP contribution in [0.5, 0.6) is 0 Å². The van der Waals surface area contributed by atoms with Crippen molar-refractivity contribution in [3.05, 3.63) is 41.9 Å². The highest BCUT2D eigenvalue weighted by Gasteiger charge is 2.25. The van der Waals surface area contributed by atoms with E-state index in [9.17, 15) is 17.6 Å². The molecule has 1 aliphatic heterocycles. The van der Waals surface area contributed by atoms with Crippen LogP contribution in [0, 0.1) is 5.82 Å². The average molecular weight is 367 g/mol. The number of rotatable bonds is 6. The molecule has 1 aliphatic rings. The molecule has 3 rings (SSSR count). The predicted molar refractivity (Wildman–Crippen MR) is 88.8 cm³/mol. The van der Waals surface area contributed by atoms with Crippen LogP contribution in [-0.4, -0.2) is 49.2 Å². The van der Waals surface area contributed by atoms with Crippen LogP contribution in [0.3, 0.4) is 0 Å². The number of carbonyl (C=O) groups is 1. The van der Waals surface area contributed by atoms with Gasteiger partial charge in [-0.15, -0.1) is 0 Å². The molecule has 25 heavy (non-hydrogen) atoms. The third-order valence-corrected chi connectivity index (χ3v) is 5.85. The maximum Gasteiger partial charge on any atom is 0.289 e. The van der Waals surface area contributed by atoms with Crippen molar-refractivity contribution in [1.82, 2.24) is 14.8 Å². The third-order valence-electron chi connectivity index (χ3n) is 3.98. The molecule has 1 aromatic carbocycles. The minimum absolute atomic E-state index is 0.00967. The van der Waals surface area contributed by atoms with Crippen molar-refractivity contribution in [1.29, 1.82) is 0 Å². The Balaban J connectivity index is 1.56. The van der Waals surface area contributed by atoms with Gasteiger partial charge in [0.2, 0.25) is 15.8 Å². The van der Waals surface area contributed by atoms with Gasteiger partial charge < -0.3 is 9.84 Å². The molecule has 1 saturated heterocycles. The van der Waals surface area contributed by atoms with E-state index in [1.165, 1.54) is 34.6 Å². The van der Waals surface area contributed by atoms with Crippen molar-refractivity contribution < 1.29 is 22.1 Å². The number of halogens is 1. The lowest BCUT2D eigenvalue weighted by molar-refractivity contribution is 0.0919. The van der Waals surface area contributed by atoms with Gasteiger partial charge in [-0.25, -0.2) is 17.1 Å². The van der Waals surface area contributed by atoms with Crippen molar-refractivity contribution in [2.75, 3.05) is 25.4 Å². The van der Waals surface area contributed by atoms with Crippen LogP contribution in [-0.2, 0) is 10.0 Å². The Labute approximate surface area is 144 Å². The Hall–Kier alpha value is -2.26. The quantitative estimate of drug-likeness (QED) is 0.838. The smallest absolute Gasteiger partial charge is 0.289 e. The lowest BCUT2D eigenvalue weighted by atomic mass is 10.1. The average Bonchev–Trinajstić information content (AvgIpc) is 3.27. The molecule has 0 spiro atoms. The largest absolute Gasteiger partial charge is 0.350 e. The Kier molecular flexibility index (Phi) is 5.14. The molecule has 0 saturated carbocycles. The molecule has 1 amide bonds. The number of benzene rings is 1. The Morgan fingerprint density at radius 2 is 1.92 bits per heavy atom. The molecule has 2 heterocycles. The summed E-state index contributed by atoms with van der Waals surface area (Å²) in [5.41, 5.74) is 1.01. The van der Waals surface area contributed by atoms with Gasteiger partial charge in [-0.2, -0.15) is 0 Å². The van der Waals surface area contributed by atoms with E-state index in [2.05, 4.69) is 10.5 Å². The molecule has 0 unspecified atom stereocenters. The molecule has 134 valence electrons. The fourth-order valence-electron chi connectivity index (χ4n) is 2.61. The van der Waals surface area contributed by atoms with Gasteiger partial charge in [-0.05, 0) is 37.1 Å². The van der Waals surface area contributed by atoms with Gasteiger partial charge >= 0.3 is 0 Å². The zero-order valence-corrected chi connectivity index (χ0v) is 14.3. The molecule has 2 aromatic rings. The minimum Gasteiger partial charge on any atom is -0.350 e. The SMILES string of the molecule is O=C(NCCS(=O)(=O)N1CCCC1)c1cc(-c2ccc(F)cc2)no1. The molecular weight excluding hydrogens is 349 g/mol. The zero-order valence-electron chi connectivity index (χ0n) is 13.4. The van der Waals surface area contributed by atoms with Crippen LogP contribution in [0.1, 0.15) is 23.4 Å². The number of hydrogen-bond acceptors (Lipinski definition) is 5. The van der Waals surface area contributed by atoms with Gasteiger partial charge in [0.25, 0.3) is 5.91 Å². The third kappa shape index (κ3) is 4.23. The Morgan fingerprint density at radius 1 is 1.24 bits per heavy atom. The first-order valence-corrected chi connectivity index (χ1v) is 9.55. The van der Waals surface area contributed by atoms with Crippen LogP contribution >= 0.6 is 0 Å². The van der Waals surface area contributed by atoms with Crippen molar-refractivity contribution in [2.45, 2.75) is 12.8 Å². The Bertz CT molecular complexity index is 843. The molecule has 0 radical (unpaired) electrons. The molecule has 7 nitrogen and oxygen atoms in total. The summed E-state index contributed by atoms with van der Waals surface area (Å²) < 4.78 is 43.5. The van der Waals surface area contributed by atoms with E-state index in [1.807, 2.05) is 0 Å². The summed E-state index contributed by atoms with van der Waals surface area (Å²) in [6, 6.07) is 7.05. The van der Waals surface area contributed by atoms with Crippen molar-refractivity contribution >= 4 is 15.9 Å². The number of nitrogens with zero attached hydrogens (tertiary/aromatic N) is 2. The maximum atomic E-state index is 12.9. The fourth-order valence-corrected chi connectivity index (χ4v) is 4.05. The van der Waals surface area contributed by atoms with Gasteiger partial charge in [0, 0.05) is 31.3 Å². The molecule has 1 fully saturated rings. The van der Waals surface area contributed by atoms with E-state index in [0.717, 1.165) is 12.8 Å². The van der Waals surface area contributed by atoms with Gasteiger partial charge in [0.05, 0.1) is 5.75 Å². The van der Waals surface area contributed by atoms with Gasteiger partial charge in [-0.3, -0.25) is 4.79 Å². The highest BCUT2D eigenvalue weighted by atomic mass is 32.2. The summed E-state index contributed by atoms with van der Waals surface area (Å²) >= 11 is 0. The first-order chi connectivity index (χ1) is 12.0. The lowest BCUT2D eigenvalue weighted by Crippen LogP contribution is -2.36. The Morgan fingerprint density at radius 3 is 2.60 bits per heavy atom. The first kappa shape index (κ1) is 17.6. The summed E-state index contributed by atoms with van der Waals surface area (Å²) in [4.78, 5) is 12.0. The highest BCUT2D eigenvalue weighted by molar-refractivity contribution is 7.89. The molecule has 1 N–H and O–H groups in total. The number of nitrogens with one attached hydrogen (secondary N) is 1. The summed E-state index contributed by atoms with van der Waals surface area (Å²) in [5, 5.41) is 6.29. The van der Waals surface area contributed by atoms with E-state index in [4.69, 9.17) is 4.52 Å². The normalized spacial score (nSPS) is 15.4. The number of sulfonamides is 1. The monoisotopic (exact) mass is 367 g/mol. The van der Waals surface area contributed by atoms with Crippen molar-refractivity contribution in [3.63, 3.8) is 0 Å². The summed E-state index contributed by atoms with van der Waals surface area (Å²) in [5.74, 6) is -1.10. The van der Waals surface area contributed by atoms with Crippen LogP contribution in [0.25, 0.3) is 11.3 Å². The molecule has 0 bridgehead atoms. The van der Waals surface area contributed by atoms with Crippen LogP contribution in [0.15, 0.2) is 34.9 Å². The second-order valence-electron chi connectivity index (χ2n) is 5.76. The summed E-state index contributed by atoms with van der Waals surface area (Å²) in [7, 11) is -3.34. The maximum absolute atomic E-state index is 12.9.